The normalized spacial score (nSPS) is 30.2. The zero-order chi connectivity index (χ0) is 22.5. The minimum absolute atomic E-state index is 0.00155. The standard InChI is InChI=1S/C21H32N6O4S/c1-21(29)8-2-3-17(21)27-18(28)5-4-14-11-23-20(25-19(14)27)24-15-6-9-26(10-7-15)32(30,31)16-12-22-13-16/h11,15-17,22,29H,2-10,12-13H2,1H3,(H,23,24,25). The molecule has 3 N–H and O–H groups in total. The molecule has 1 aromatic heterocycles. The Bertz CT molecular complexity index is 988. The first kappa shape index (κ1) is 22.0. The summed E-state index contributed by atoms with van der Waals surface area (Å²) in [6.45, 7) is 3.83. The van der Waals surface area contributed by atoms with Crippen molar-refractivity contribution in [2.45, 2.75) is 74.8 Å². The lowest BCUT2D eigenvalue weighted by atomic mass is 9.95. The van der Waals surface area contributed by atoms with Crippen molar-refractivity contribution >= 4 is 27.7 Å². The Morgan fingerprint density at radius 2 is 1.97 bits per heavy atom. The van der Waals surface area contributed by atoms with Crippen LogP contribution in [0.15, 0.2) is 6.20 Å². The number of anilines is 2. The lowest BCUT2D eigenvalue weighted by molar-refractivity contribution is -0.120. The van der Waals surface area contributed by atoms with Gasteiger partial charge in [-0.1, -0.05) is 0 Å². The average molecular weight is 465 g/mol. The van der Waals surface area contributed by atoms with Crippen LogP contribution in [0.3, 0.4) is 0 Å². The van der Waals surface area contributed by atoms with E-state index in [-0.39, 0.29) is 23.2 Å². The van der Waals surface area contributed by atoms with Gasteiger partial charge >= 0.3 is 0 Å². The topological polar surface area (TPSA) is 128 Å². The molecule has 176 valence electrons. The van der Waals surface area contributed by atoms with Crippen LogP contribution in [-0.2, 0) is 21.2 Å². The second kappa shape index (κ2) is 8.19. The fraction of sp³-hybridized carbons (Fsp3) is 0.762. The third kappa shape index (κ3) is 3.89. The highest BCUT2D eigenvalue weighted by molar-refractivity contribution is 7.89. The molecule has 3 aliphatic heterocycles. The maximum absolute atomic E-state index is 12.8. The van der Waals surface area contributed by atoms with Crippen molar-refractivity contribution in [3.8, 4) is 0 Å². The van der Waals surface area contributed by atoms with Gasteiger partial charge in [0.05, 0.1) is 11.6 Å². The molecule has 0 bridgehead atoms. The maximum atomic E-state index is 12.8. The summed E-state index contributed by atoms with van der Waals surface area (Å²) in [5.41, 5.74) is 0.00440. The lowest BCUT2D eigenvalue weighted by Crippen LogP contribution is -2.57. The molecule has 32 heavy (non-hydrogen) atoms. The van der Waals surface area contributed by atoms with E-state index in [0.29, 0.717) is 70.0 Å². The molecule has 1 aliphatic carbocycles. The SMILES string of the molecule is CC1(O)CCCC1N1C(=O)CCc2cnc(NC3CCN(S(=O)(=O)C4CNC4)CC3)nc21. The Hall–Kier alpha value is -1.82. The number of carbonyl (C=O) groups is 1. The van der Waals surface area contributed by atoms with Crippen LogP contribution in [0.5, 0.6) is 0 Å². The molecule has 1 amide bonds. The molecule has 4 aliphatic rings. The van der Waals surface area contributed by atoms with Gasteiger partial charge in [-0.2, -0.15) is 4.98 Å². The molecule has 0 aromatic carbocycles. The number of aromatic nitrogens is 2. The van der Waals surface area contributed by atoms with Gasteiger partial charge in [0.1, 0.15) is 11.1 Å². The Labute approximate surface area is 188 Å². The monoisotopic (exact) mass is 464 g/mol. The molecule has 1 aromatic rings. The molecule has 1 saturated carbocycles. The average Bonchev–Trinajstić information content (AvgIpc) is 3.05. The van der Waals surface area contributed by atoms with Crippen LogP contribution in [0.25, 0.3) is 0 Å². The first-order valence-electron chi connectivity index (χ1n) is 11.6. The molecule has 0 spiro atoms. The van der Waals surface area contributed by atoms with Crippen LogP contribution >= 0.6 is 0 Å². The van der Waals surface area contributed by atoms with Gasteiger partial charge in [-0.15, -0.1) is 0 Å². The van der Waals surface area contributed by atoms with Gasteiger partial charge in [0, 0.05) is 50.4 Å². The van der Waals surface area contributed by atoms with Crippen LogP contribution < -0.4 is 15.5 Å². The number of aryl methyl sites for hydroxylation is 1. The number of hydrogen-bond donors (Lipinski definition) is 3. The summed E-state index contributed by atoms with van der Waals surface area (Å²) in [7, 11) is -3.22. The summed E-state index contributed by atoms with van der Waals surface area (Å²) < 4.78 is 26.8. The number of sulfonamides is 1. The number of nitrogens with zero attached hydrogens (tertiary/aromatic N) is 4. The Morgan fingerprint density at radius 3 is 2.59 bits per heavy atom. The van der Waals surface area contributed by atoms with E-state index in [4.69, 9.17) is 4.98 Å². The van der Waals surface area contributed by atoms with Crippen molar-refractivity contribution in [3.63, 3.8) is 0 Å². The quantitative estimate of drug-likeness (QED) is 0.565. The van der Waals surface area contributed by atoms with Crippen LogP contribution in [-0.4, -0.2) is 82.8 Å². The fourth-order valence-electron chi connectivity index (χ4n) is 5.31. The maximum Gasteiger partial charge on any atom is 0.228 e. The third-order valence-corrected chi connectivity index (χ3v) is 9.71. The summed E-state index contributed by atoms with van der Waals surface area (Å²) in [6, 6.07) is -0.201. The van der Waals surface area contributed by atoms with Crippen molar-refractivity contribution in [2.24, 2.45) is 0 Å². The molecular weight excluding hydrogens is 432 g/mol. The first-order chi connectivity index (χ1) is 15.3. The summed E-state index contributed by atoms with van der Waals surface area (Å²) in [5, 5.41) is 16.9. The molecule has 0 radical (unpaired) electrons. The van der Waals surface area contributed by atoms with E-state index in [9.17, 15) is 18.3 Å². The van der Waals surface area contributed by atoms with Crippen LogP contribution in [0.4, 0.5) is 11.8 Å². The summed E-state index contributed by atoms with van der Waals surface area (Å²) >= 11 is 0. The zero-order valence-corrected chi connectivity index (χ0v) is 19.3. The number of hydrogen-bond acceptors (Lipinski definition) is 8. The first-order valence-corrected chi connectivity index (χ1v) is 13.1. The van der Waals surface area contributed by atoms with E-state index < -0.39 is 15.6 Å². The lowest BCUT2D eigenvalue weighted by Gasteiger charge is -2.39. The van der Waals surface area contributed by atoms with E-state index in [1.807, 2.05) is 0 Å². The van der Waals surface area contributed by atoms with E-state index in [1.54, 1.807) is 22.3 Å². The van der Waals surface area contributed by atoms with Crippen molar-refractivity contribution in [1.29, 1.82) is 0 Å². The number of carbonyl (C=O) groups excluding carboxylic acids is 1. The van der Waals surface area contributed by atoms with E-state index >= 15 is 0 Å². The van der Waals surface area contributed by atoms with Crippen LogP contribution in [0, 0.1) is 0 Å². The molecular formula is C21H32N6O4S. The van der Waals surface area contributed by atoms with Crippen molar-refractivity contribution in [2.75, 3.05) is 36.4 Å². The molecule has 11 heteroatoms. The predicted molar refractivity (Wildman–Crippen MR) is 120 cm³/mol. The smallest absolute Gasteiger partial charge is 0.228 e. The van der Waals surface area contributed by atoms with Gasteiger partial charge in [0.15, 0.2) is 0 Å². The summed E-state index contributed by atoms with van der Waals surface area (Å²) in [4.78, 5) is 23.7. The number of nitrogens with one attached hydrogen (secondary N) is 2. The molecule has 2 atom stereocenters. The van der Waals surface area contributed by atoms with Crippen molar-refractivity contribution in [3.05, 3.63) is 11.8 Å². The van der Waals surface area contributed by atoms with Crippen molar-refractivity contribution < 1.29 is 18.3 Å². The molecule has 4 heterocycles. The number of aliphatic hydroxyl groups is 1. The predicted octanol–water partition coefficient (Wildman–Crippen LogP) is 0.237. The number of amides is 1. The largest absolute Gasteiger partial charge is 0.388 e. The zero-order valence-electron chi connectivity index (χ0n) is 18.5. The van der Waals surface area contributed by atoms with Gasteiger partial charge < -0.3 is 15.7 Å². The Balaban J connectivity index is 1.29. The molecule has 10 nitrogen and oxygen atoms in total. The van der Waals surface area contributed by atoms with Gasteiger partial charge in [-0.3, -0.25) is 9.69 Å². The minimum atomic E-state index is -3.22. The highest BCUT2D eigenvalue weighted by Crippen LogP contribution is 2.39. The minimum Gasteiger partial charge on any atom is -0.388 e. The van der Waals surface area contributed by atoms with Crippen molar-refractivity contribution in [1.82, 2.24) is 19.6 Å². The fourth-order valence-corrected chi connectivity index (χ4v) is 7.11. The van der Waals surface area contributed by atoms with E-state index in [0.717, 1.165) is 18.4 Å². The molecule has 3 fully saturated rings. The van der Waals surface area contributed by atoms with Crippen LogP contribution in [0.1, 0.15) is 51.0 Å². The van der Waals surface area contributed by atoms with Gasteiger partial charge in [-0.25, -0.2) is 17.7 Å². The van der Waals surface area contributed by atoms with E-state index in [2.05, 4.69) is 15.6 Å². The second-order valence-electron chi connectivity index (χ2n) is 9.71. The Kier molecular flexibility index (Phi) is 5.63. The van der Waals surface area contributed by atoms with Crippen LogP contribution in [0.2, 0.25) is 0 Å². The van der Waals surface area contributed by atoms with Gasteiger partial charge in [0.25, 0.3) is 0 Å². The van der Waals surface area contributed by atoms with E-state index in [1.165, 1.54) is 0 Å². The Morgan fingerprint density at radius 1 is 1.22 bits per heavy atom. The number of rotatable bonds is 5. The highest BCUT2D eigenvalue weighted by atomic mass is 32.2. The van der Waals surface area contributed by atoms with Gasteiger partial charge in [0.2, 0.25) is 21.9 Å². The van der Waals surface area contributed by atoms with Gasteiger partial charge in [-0.05, 0) is 45.4 Å². The molecule has 2 saturated heterocycles. The molecule has 2 unspecified atom stereocenters. The number of fused-ring (bicyclic) bond motifs is 1. The highest BCUT2D eigenvalue weighted by Gasteiger charge is 2.45. The molecule has 5 rings (SSSR count). The summed E-state index contributed by atoms with van der Waals surface area (Å²) in [6.07, 6.45) is 6.45. The number of piperidine rings is 1. The third-order valence-electron chi connectivity index (χ3n) is 7.45. The summed E-state index contributed by atoms with van der Waals surface area (Å²) in [5.74, 6) is 1.05. The second-order valence-corrected chi connectivity index (χ2v) is 11.9.